The summed E-state index contributed by atoms with van der Waals surface area (Å²) in [5.74, 6) is 0. The minimum Gasteiger partial charge on any atom is -0.349 e. The first-order valence-corrected chi connectivity index (χ1v) is 10.3. The molecule has 1 rings (SSSR count). The van der Waals surface area contributed by atoms with Crippen molar-refractivity contribution in [3.63, 3.8) is 0 Å². The van der Waals surface area contributed by atoms with Gasteiger partial charge in [-0.1, -0.05) is 71.4 Å². The summed E-state index contributed by atoms with van der Waals surface area (Å²) in [7, 11) is 0. The summed E-state index contributed by atoms with van der Waals surface area (Å²) in [6.45, 7) is 8.85. The SMILES string of the molecule is CCCCCCN(CCCCCC)C(=S)Nc1ccc(CC)cc1. The highest BCUT2D eigenvalue weighted by molar-refractivity contribution is 7.80. The summed E-state index contributed by atoms with van der Waals surface area (Å²) in [6, 6.07) is 8.63. The van der Waals surface area contributed by atoms with E-state index in [0.29, 0.717) is 0 Å². The maximum absolute atomic E-state index is 5.69. The largest absolute Gasteiger partial charge is 0.349 e. The number of benzene rings is 1. The molecule has 1 N–H and O–H groups in total. The van der Waals surface area contributed by atoms with E-state index in [1.54, 1.807) is 0 Å². The van der Waals surface area contributed by atoms with Crippen LogP contribution in [0.25, 0.3) is 0 Å². The van der Waals surface area contributed by atoms with E-state index in [1.165, 1.54) is 56.9 Å². The van der Waals surface area contributed by atoms with Gasteiger partial charge in [0.05, 0.1) is 0 Å². The van der Waals surface area contributed by atoms with Crippen LogP contribution in [-0.4, -0.2) is 23.1 Å². The number of hydrogen-bond acceptors (Lipinski definition) is 1. The zero-order valence-corrected chi connectivity index (χ0v) is 16.8. The lowest BCUT2D eigenvalue weighted by Crippen LogP contribution is -2.36. The first-order chi connectivity index (χ1) is 11.7. The smallest absolute Gasteiger partial charge is 0.173 e. The Morgan fingerprint density at radius 3 is 1.83 bits per heavy atom. The lowest BCUT2D eigenvalue weighted by Gasteiger charge is -2.26. The fourth-order valence-corrected chi connectivity index (χ4v) is 3.10. The number of rotatable bonds is 12. The van der Waals surface area contributed by atoms with E-state index < -0.39 is 0 Å². The van der Waals surface area contributed by atoms with Crippen LogP contribution in [0.3, 0.4) is 0 Å². The molecule has 0 heterocycles. The Kier molecular flexibility index (Phi) is 11.5. The van der Waals surface area contributed by atoms with Gasteiger partial charge in [0, 0.05) is 18.8 Å². The molecule has 2 nitrogen and oxygen atoms in total. The predicted molar refractivity (Wildman–Crippen MR) is 112 cm³/mol. The normalized spacial score (nSPS) is 10.6. The lowest BCUT2D eigenvalue weighted by molar-refractivity contribution is 0.391. The van der Waals surface area contributed by atoms with Crippen molar-refractivity contribution in [1.29, 1.82) is 0 Å². The number of nitrogens with zero attached hydrogens (tertiary/aromatic N) is 1. The minimum absolute atomic E-state index is 0.882. The van der Waals surface area contributed by atoms with Crippen LogP contribution in [0.5, 0.6) is 0 Å². The highest BCUT2D eigenvalue weighted by Gasteiger charge is 2.09. The number of hydrogen-bond donors (Lipinski definition) is 1. The molecule has 3 heteroatoms. The van der Waals surface area contributed by atoms with Gasteiger partial charge in [-0.2, -0.15) is 0 Å². The van der Waals surface area contributed by atoms with Gasteiger partial charge in [0.2, 0.25) is 0 Å². The predicted octanol–water partition coefficient (Wildman–Crippen LogP) is 6.41. The van der Waals surface area contributed by atoms with Crippen molar-refractivity contribution in [2.24, 2.45) is 0 Å². The van der Waals surface area contributed by atoms with E-state index in [-0.39, 0.29) is 0 Å². The summed E-state index contributed by atoms with van der Waals surface area (Å²) < 4.78 is 0. The Hall–Kier alpha value is -1.09. The van der Waals surface area contributed by atoms with Crippen molar-refractivity contribution < 1.29 is 0 Å². The number of nitrogens with one attached hydrogen (secondary N) is 1. The van der Waals surface area contributed by atoms with E-state index in [1.807, 2.05) is 0 Å². The molecule has 0 unspecified atom stereocenters. The molecule has 136 valence electrons. The Morgan fingerprint density at radius 2 is 1.38 bits per heavy atom. The van der Waals surface area contributed by atoms with Crippen LogP contribution in [0.15, 0.2) is 24.3 Å². The molecule has 0 aliphatic rings. The van der Waals surface area contributed by atoms with Gasteiger partial charge in [0.15, 0.2) is 5.11 Å². The van der Waals surface area contributed by atoms with Gasteiger partial charge in [-0.05, 0) is 49.2 Å². The Labute approximate surface area is 155 Å². The maximum Gasteiger partial charge on any atom is 0.173 e. The molecular weight excluding hydrogens is 312 g/mol. The van der Waals surface area contributed by atoms with Gasteiger partial charge in [-0.3, -0.25) is 0 Å². The summed E-state index contributed by atoms with van der Waals surface area (Å²) in [5, 5.41) is 4.31. The quantitative estimate of drug-likeness (QED) is 0.347. The molecule has 0 amide bonds. The average molecular weight is 349 g/mol. The molecular formula is C21H36N2S. The second-order valence-electron chi connectivity index (χ2n) is 6.59. The molecule has 0 bridgehead atoms. The van der Waals surface area contributed by atoms with E-state index in [0.717, 1.165) is 30.3 Å². The summed E-state index contributed by atoms with van der Waals surface area (Å²) >= 11 is 5.69. The zero-order chi connectivity index (χ0) is 17.6. The third-order valence-electron chi connectivity index (χ3n) is 4.46. The van der Waals surface area contributed by atoms with Crippen molar-refractivity contribution in [3.05, 3.63) is 29.8 Å². The number of unbranched alkanes of at least 4 members (excludes halogenated alkanes) is 6. The number of anilines is 1. The van der Waals surface area contributed by atoms with Gasteiger partial charge in [0.1, 0.15) is 0 Å². The maximum atomic E-state index is 5.69. The van der Waals surface area contributed by atoms with Gasteiger partial charge in [0.25, 0.3) is 0 Å². The van der Waals surface area contributed by atoms with Crippen molar-refractivity contribution in [3.8, 4) is 0 Å². The summed E-state index contributed by atoms with van der Waals surface area (Å²) in [6.07, 6.45) is 11.4. The highest BCUT2D eigenvalue weighted by atomic mass is 32.1. The van der Waals surface area contributed by atoms with Gasteiger partial charge in [-0.15, -0.1) is 0 Å². The fraction of sp³-hybridized carbons (Fsp3) is 0.667. The molecule has 0 spiro atoms. The molecule has 0 aromatic heterocycles. The topological polar surface area (TPSA) is 15.3 Å². The molecule has 0 radical (unpaired) electrons. The molecule has 1 aromatic rings. The molecule has 0 atom stereocenters. The molecule has 0 saturated heterocycles. The Morgan fingerprint density at radius 1 is 0.833 bits per heavy atom. The summed E-state index contributed by atoms with van der Waals surface area (Å²) in [4.78, 5) is 2.37. The van der Waals surface area contributed by atoms with Crippen molar-refractivity contribution >= 4 is 23.0 Å². The first-order valence-electron chi connectivity index (χ1n) is 9.86. The molecule has 24 heavy (non-hydrogen) atoms. The van der Waals surface area contributed by atoms with Crippen molar-refractivity contribution in [1.82, 2.24) is 4.90 Å². The third kappa shape index (κ3) is 8.68. The molecule has 0 saturated carbocycles. The van der Waals surface area contributed by atoms with Gasteiger partial charge >= 0.3 is 0 Å². The van der Waals surface area contributed by atoms with Crippen LogP contribution in [0.1, 0.15) is 77.7 Å². The highest BCUT2D eigenvalue weighted by Crippen LogP contribution is 2.12. The zero-order valence-electron chi connectivity index (χ0n) is 15.9. The number of thiocarbonyl (C=S) groups is 1. The second-order valence-corrected chi connectivity index (χ2v) is 6.98. The van der Waals surface area contributed by atoms with Crippen LogP contribution in [0.4, 0.5) is 5.69 Å². The lowest BCUT2D eigenvalue weighted by atomic mass is 10.1. The van der Waals surface area contributed by atoms with Crippen molar-refractivity contribution in [2.45, 2.75) is 78.6 Å². The summed E-state index contributed by atoms with van der Waals surface area (Å²) in [5.41, 5.74) is 2.46. The van der Waals surface area contributed by atoms with Crippen LogP contribution in [0, 0.1) is 0 Å². The van der Waals surface area contributed by atoms with Crippen molar-refractivity contribution in [2.75, 3.05) is 18.4 Å². The Bertz CT molecular complexity index is 430. The third-order valence-corrected chi connectivity index (χ3v) is 4.82. The molecule has 1 aromatic carbocycles. The van der Waals surface area contributed by atoms with E-state index >= 15 is 0 Å². The first kappa shape index (κ1) is 21.0. The van der Waals surface area contributed by atoms with Gasteiger partial charge < -0.3 is 10.2 Å². The standard InChI is InChI=1S/C21H36N2S/c1-4-7-9-11-17-23(18-12-10-8-5-2)21(24)22-20-15-13-19(6-3)14-16-20/h13-16H,4-12,17-18H2,1-3H3,(H,22,24). The average Bonchev–Trinajstić information content (AvgIpc) is 2.61. The monoisotopic (exact) mass is 348 g/mol. The van der Waals surface area contributed by atoms with Crippen LogP contribution in [-0.2, 0) is 6.42 Å². The van der Waals surface area contributed by atoms with E-state index in [2.05, 4.69) is 55.3 Å². The minimum atomic E-state index is 0.882. The van der Waals surface area contributed by atoms with Crippen LogP contribution < -0.4 is 5.32 Å². The molecule has 0 aliphatic heterocycles. The number of aryl methyl sites for hydroxylation is 1. The second kappa shape index (κ2) is 13.2. The van der Waals surface area contributed by atoms with E-state index in [9.17, 15) is 0 Å². The van der Waals surface area contributed by atoms with Crippen LogP contribution >= 0.6 is 12.2 Å². The molecule has 0 fully saturated rings. The van der Waals surface area contributed by atoms with Gasteiger partial charge in [-0.25, -0.2) is 0 Å². The fourth-order valence-electron chi connectivity index (χ4n) is 2.80. The Balaban J connectivity index is 2.52. The van der Waals surface area contributed by atoms with E-state index in [4.69, 9.17) is 12.2 Å². The molecule has 0 aliphatic carbocycles. The van der Waals surface area contributed by atoms with Crippen LogP contribution in [0.2, 0.25) is 0 Å².